The van der Waals surface area contributed by atoms with Crippen LogP contribution in [0.5, 0.6) is 0 Å². The largest absolute Gasteiger partial charge is 0.328 e. The van der Waals surface area contributed by atoms with Gasteiger partial charge >= 0.3 is 0 Å². The third-order valence-electron chi connectivity index (χ3n) is 4.57. The lowest BCUT2D eigenvalue weighted by Gasteiger charge is -2.29. The molecule has 0 heterocycles. The first-order valence-electron chi connectivity index (χ1n) is 8.90. The molecule has 0 aliphatic heterocycles. The van der Waals surface area contributed by atoms with Crippen LogP contribution in [-0.4, -0.2) is 5.91 Å². The van der Waals surface area contributed by atoms with Crippen LogP contribution in [0.3, 0.4) is 0 Å². The van der Waals surface area contributed by atoms with E-state index in [2.05, 4.69) is 10.2 Å². The standard InChI is InChI=1S/C23H24FN3O/c1-16(18(3)26-4)14-17(2)27-22(28)23(25,20-8-6-5-7-9-20)15-19-10-12-21(24)13-11-19/h5-14H,15,25H2,1-3H3,(H,27,28)/b17-14+,18-16+/t23-/m0/s1. The number of carbonyl (C=O) groups is 1. The fourth-order valence-electron chi connectivity index (χ4n) is 2.82. The molecule has 0 unspecified atom stereocenters. The van der Waals surface area contributed by atoms with Crippen molar-refractivity contribution in [1.82, 2.24) is 5.32 Å². The number of nitrogens with two attached hydrogens (primary N) is 1. The zero-order valence-electron chi connectivity index (χ0n) is 16.3. The molecule has 0 aliphatic carbocycles. The van der Waals surface area contributed by atoms with Crippen LogP contribution in [0, 0.1) is 12.4 Å². The van der Waals surface area contributed by atoms with Crippen LogP contribution < -0.4 is 11.1 Å². The van der Waals surface area contributed by atoms with Gasteiger partial charge in [0.2, 0.25) is 5.91 Å². The second-order valence-corrected chi connectivity index (χ2v) is 6.80. The quantitative estimate of drug-likeness (QED) is 0.577. The van der Waals surface area contributed by atoms with E-state index in [1.165, 1.54) is 12.1 Å². The molecule has 2 rings (SSSR count). The van der Waals surface area contributed by atoms with Crippen LogP contribution in [-0.2, 0) is 16.8 Å². The van der Waals surface area contributed by atoms with Crippen LogP contribution in [0.1, 0.15) is 31.9 Å². The molecule has 0 saturated heterocycles. The average Bonchev–Trinajstić information content (AvgIpc) is 2.69. The molecule has 0 aliphatic rings. The lowest BCUT2D eigenvalue weighted by Crippen LogP contribution is -2.52. The number of amides is 1. The van der Waals surface area contributed by atoms with Crippen molar-refractivity contribution >= 4 is 5.91 Å². The Morgan fingerprint density at radius 1 is 1.14 bits per heavy atom. The second kappa shape index (κ2) is 9.12. The zero-order chi connectivity index (χ0) is 20.7. The summed E-state index contributed by atoms with van der Waals surface area (Å²) >= 11 is 0. The Morgan fingerprint density at radius 3 is 2.32 bits per heavy atom. The van der Waals surface area contributed by atoms with Crippen LogP contribution in [0.25, 0.3) is 4.85 Å². The van der Waals surface area contributed by atoms with E-state index < -0.39 is 5.54 Å². The summed E-state index contributed by atoms with van der Waals surface area (Å²) < 4.78 is 13.2. The van der Waals surface area contributed by atoms with Gasteiger partial charge in [-0.05, 0) is 49.6 Å². The van der Waals surface area contributed by atoms with E-state index >= 15 is 0 Å². The highest BCUT2D eigenvalue weighted by Crippen LogP contribution is 2.24. The lowest BCUT2D eigenvalue weighted by atomic mass is 9.83. The molecule has 0 spiro atoms. The number of nitrogens with zero attached hydrogens (tertiary/aromatic N) is 1. The molecule has 3 N–H and O–H groups in total. The lowest BCUT2D eigenvalue weighted by molar-refractivity contribution is -0.126. The number of allylic oxidation sites excluding steroid dienone is 4. The van der Waals surface area contributed by atoms with Crippen molar-refractivity contribution in [2.45, 2.75) is 32.7 Å². The molecular formula is C23H24FN3O. The molecule has 4 nitrogen and oxygen atoms in total. The summed E-state index contributed by atoms with van der Waals surface area (Å²) in [5, 5.41) is 2.85. The summed E-state index contributed by atoms with van der Waals surface area (Å²) in [5.41, 5.74) is 8.61. The van der Waals surface area contributed by atoms with Gasteiger partial charge in [0.15, 0.2) is 5.70 Å². The normalized spacial score (nSPS) is 14.5. The van der Waals surface area contributed by atoms with Crippen LogP contribution in [0.15, 0.2) is 77.6 Å². The van der Waals surface area contributed by atoms with Gasteiger partial charge in [0, 0.05) is 12.1 Å². The Labute approximate surface area is 165 Å². The molecule has 2 aromatic carbocycles. The Bertz CT molecular complexity index is 940. The summed E-state index contributed by atoms with van der Waals surface area (Å²) in [7, 11) is 0. The van der Waals surface area contributed by atoms with Crippen molar-refractivity contribution in [2.24, 2.45) is 5.73 Å². The highest BCUT2D eigenvalue weighted by Gasteiger charge is 2.36. The van der Waals surface area contributed by atoms with Crippen molar-refractivity contribution in [3.63, 3.8) is 0 Å². The molecule has 0 saturated carbocycles. The third-order valence-corrected chi connectivity index (χ3v) is 4.57. The predicted molar refractivity (Wildman–Crippen MR) is 109 cm³/mol. The van der Waals surface area contributed by atoms with E-state index in [-0.39, 0.29) is 18.1 Å². The van der Waals surface area contributed by atoms with Crippen LogP contribution in [0.4, 0.5) is 4.39 Å². The Morgan fingerprint density at radius 2 is 1.75 bits per heavy atom. The van der Waals surface area contributed by atoms with Gasteiger partial charge in [0.25, 0.3) is 0 Å². The minimum absolute atomic E-state index is 0.215. The van der Waals surface area contributed by atoms with Crippen LogP contribution in [0.2, 0.25) is 0 Å². The maximum absolute atomic E-state index is 13.2. The minimum atomic E-state index is -1.33. The molecule has 1 amide bonds. The van der Waals surface area contributed by atoms with Gasteiger partial charge in [-0.15, -0.1) is 0 Å². The smallest absolute Gasteiger partial charge is 0.249 e. The van der Waals surface area contributed by atoms with E-state index in [0.717, 1.165) is 11.1 Å². The molecular weight excluding hydrogens is 353 g/mol. The fourth-order valence-corrected chi connectivity index (χ4v) is 2.82. The van der Waals surface area contributed by atoms with Gasteiger partial charge in [-0.3, -0.25) is 4.79 Å². The Hall–Kier alpha value is -3.23. The second-order valence-electron chi connectivity index (χ2n) is 6.80. The van der Waals surface area contributed by atoms with Crippen LogP contribution >= 0.6 is 0 Å². The summed E-state index contributed by atoms with van der Waals surface area (Å²) in [6, 6.07) is 15.1. The summed E-state index contributed by atoms with van der Waals surface area (Å²) in [4.78, 5) is 16.5. The number of hydrogen-bond donors (Lipinski definition) is 2. The number of nitrogens with one attached hydrogen (secondary N) is 1. The summed E-state index contributed by atoms with van der Waals surface area (Å²) in [6.45, 7) is 12.4. The molecule has 144 valence electrons. The van der Waals surface area contributed by atoms with Crippen molar-refractivity contribution in [2.75, 3.05) is 0 Å². The van der Waals surface area contributed by atoms with Gasteiger partial charge in [0.1, 0.15) is 11.4 Å². The number of halogens is 1. The Balaban J connectivity index is 2.36. The minimum Gasteiger partial charge on any atom is -0.328 e. The van der Waals surface area contributed by atoms with Gasteiger partial charge in [-0.2, -0.15) is 0 Å². The van der Waals surface area contributed by atoms with Crippen molar-refractivity contribution in [3.05, 3.63) is 106 Å². The van der Waals surface area contributed by atoms with Gasteiger partial charge in [-0.25, -0.2) is 9.24 Å². The molecule has 0 aromatic heterocycles. The third kappa shape index (κ3) is 5.15. The molecule has 1 atom stereocenters. The van der Waals surface area contributed by atoms with Gasteiger partial charge in [0.05, 0.1) is 6.57 Å². The zero-order valence-corrected chi connectivity index (χ0v) is 16.3. The maximum atomic E-state index is 13.2. The molecule has 0 fully saturated rings. The van der Waals surface area contributed by atoms with Crippen molar-refractivity contribution < 1.29 is 9.18 Å². The summed E-state index contributed by atoms with van der Waals surface area (Å²) in [5.74, 6) is -0.711. The number of carbonyl (C=O) groups excluding carboxylic acids is 1. The molecule has 0 radical (unpaired) electrons. The summed E-state index contributed by atoms with van der Waals surface area (Å²) in [6.07, 6.45) is 1.96. The van der Waals surface area contributed by atoms with E-state index in [4.69, 9.17) is 12.3 Å². The van der Waals surface area contributed by atoms with E-state index in [1.54, 1.807) is 44.2 Å². The molecule has 28 heavy (non-hydrogen) atoms. The molecule has 0 bridgehead atoms. The maximum Gasteiger partial charge on any atom is 0.249 e. The van der Waals surface area contributed by atoms with Crippen molar-refractivity contribution in [1.29, 1.82) is 0 Å². The number of benzene rings is 2. The average molecular weight is 377 g/mol. The Kier molecular flexibility index (Phi) is 6.86. The highest BCUT2D eigenvalue weighted by molar-refractivity contribution is 5.89. The predicted octanol–water partition coefficient (Wildman–Crippen LogP) is 4.46. The first-order chi connectivity index (χ1) is 13.3. The SMILES string of the molecule is [C-]#[N+]/C(C)=C(C)/C=C(\C)NC(=O)[C@](N)(Cc1ccc(F)cc1)c1ccccc1. The van der Waals surface area contributed by atoms with Gasteiger partial charge < -0.3 is 11.1 Å². The molecule has 5 heteroatoms. The molecule has 2 aromatic rings. The monoisotopic (exact) mass is 377 g/mol. The first kappa shape index (κ1) is 21.1. The number of hydrogen-bond acceptors (Lipinski definition) is 2. The van der Waals surface area contributed by atoms with E-state index in [0.29, 0.717) is 17.0 Å². The number of rotatable bonds is 6. The van der Waals surface area contributed by atoms with Crippen molar-refractivity contribution in [3.8, 4) is 0 Å². The van der Waals surface area contributed by atoms with Gasteiger partial charge in [-0.1, -0.05) is 48.5 Å². The van der Waals surface area contributed by atoms with E-state index in [1.807, 2.05) is 25.1 Å². The van der Waals surface area contributed by atoms with E-state index in [9.17, 15) is 9.18 Å². The first-order valence-corrected chi connectivity index (χ1v) is 8.90. The fraction of sp³-hybridized carbons (Fsp3) is 0.217. The topological polar surface area (TPSA) is 59.5 Å². The highest BCUT2D eigenvalue weighted by atomic mass is 19.1.